The van der Waals surface area contributed by atoms with E-state index in [0.29, 0.717) is 31.0 Å². The minimum absolute atomic E-state index is 0.0376. The van der Waals surface area contributed by atoms with Gasteiger partial charge >= 0.3 is 0 Å². The van der Waals surface area contributed by atoms with E-state index in [2.05, 4.69) is 9.88 Å². The third kappa shape index (κ3) is 4.11. The zero-order chi connectivity index (χ0) is 18.5. The van der Waals surface area contributed by atoms with Crippen LogP contribution in [0.2, 0.25) is 0 Å². The molecular formula is C19H23FN4O2. The number of anilines is 1. The Bertz CT molecular complexity index is 767. The number of benzene rings is 1. The van der Waals surface area contributed by atoms with E-state index in [1.807, 2.05) is 18.2 Å². The van der Waals surface area contributed by atoms with Crippen LogP contribution in [-0.4, -0.2) is 36.8 Å². The number of nitrogens with two attached hydrogens (primary N) is 2. The summed E-state index contributed by atoms with van der Waals surface area (Å²) in [4.78, 5) is 18.1. The second-order valence-electron chi connectivity index (χ2n) is 6.34. The number of amides is 1. The van der Waals surface area contributed by atoms with Gasteiger partial charge in [-0.05, 0) is 23.3 Å². The fourth-order valence-electron chi connectivity index (χ4n) is 3.13. The van der Waals surface area contributed by atoms with Crippen LogP contribution in [0, 0.1) is 0 Å². The lowest BCUT2D eigenvalue weighted by atomic mass is 10.1. The Morgan fingerprint density at radius 1 is 1.31 bits per heavy atom. The van der Waals surface area contributed by atoms with Crippen LogP contribution in [0.1, 0.15) is 27.9 Å². The maximum atomic E-state index is 12.3. The Kier molecular flexibility index (Phi) is 5.68. The van der Waals surface area contributed by atoms with Gasteiger partial charge in [0.15, 0.2) is 0 Å². The van der Waals surface area contributed by atoms with Crippen LogP contribution in [0.3, 0.4) is 0 Å². The lowest BCUT2D eigenvalue weighted by molar-refractivity contribution is 0.100. The first-order valence-corrected chi connectivity index (χ1v) is 8.66. The van der Waals surface area contributed by atoms with Crippen LogP contribution >= 0.6 is 0 Å². The van der Waals surface area contributed by atoms with Gasteiger partial charge in [0.05, 0.1) is 18.8 Å². The van der Waals surface area contributed by atoms with Gasteiger partial charge in [-0.25, -0.2) is 4.98 Å². The molecule has 138 valence electrons. The van der Waals surface area contributed by atoms with Crippen molar-refractivity contribution < 1.29 is 13.9 Å². The fourth-order valence-corrected chi connectivity index (χ4v) is 3.13. The van der Waals surface area contributed by atoms with Crippen LogP contribution in [0.4, 0.5) is 10.1 Å². The minimum atomic E-state index is -0.468. The summed E-state index contributed by atoms with van der Waals surface area (Å²) in [6, 6.07) is 9.12. The van der Waals surface area contributed by atoms with Crippen LogP contribution in [0.15, 0.2) is 36.5 Å². The lowest BCUT2D eigenvalue weighted by Gasteiger charge is -2.21. The van der Waals surface area contributed by atoms with Gasteiger partial charge in [-0.3, -0.25) is 9.18 Å². The number of pyridine rings is 1. The molecule has 1 fully saturated rings. The molecule has 0 aliphatic carbocycles. The molecule has 1 saturated heterocycles. The number of carbonyl (C=O) groups is 1. The first kappa shape index (κ1) is 18.1. The number of ether oxygens (including phenoxy) is 1. The molecule has 1 atom stereocenters. The van der Waals surface area contributed by atoms with Crippen LogP contribution in [-0.2, 0) is 13.0 Å². The van der Waals surface area contributed by atoms with Gasteiger partial charge in [0.25, 0.3) is 5.91 Å². The molecule has 1 amide bonds. The number of nitrogens with zero attached hydrogens (tertiary/aromatic N) is 2. The van der Waals surface area contributed by atoms with Crippen molar-refractivity contribution in [2.24, 2.45) is 11.5 Å². The normalized spacial score (nSPS) is 16.7. The molecule has 26 heavy (non-hydrogen) atoms. The third-order valence-corrected chi connectivity index (χ3v) is 4.52. The average Bonchev–Trinajstić information content (AvgIpc) is 3.11. The molecule has 2 heterocycles. The highest BCUT2D eigenvalue weighted by Gasteiger charge is 2.27. The molecule has 0 spiro atoms. The zero-order valence-corrected chi connectivity index (χ0v) is 14.5. The monoisotopic (exact) mass is 358 g/mol. The Morgan fingerprint density at radius 3 is 2.77 bits per heavy atom. The van der Waals surface area contributed by atoms with E-state index in [4.69, 9.17) is 16.2 Å². The number of primary amides is 1. The summed E-state index contributed by atoms with van der Waals surface area (Å²) in [5, 5.41) is 0. The molecular weight excluding hydrogens is 335 g/mol. The van der Waals surface area contributed by atoms with E-state index >= 15 is 0 Å². The van der Waals surface area contributed by atoms with Gasteiger partial charge in [-0.1, -0.05) is 12.1 Å². The quantitative estimate of drug-likeness (QED) is 0.787. The van der Waals surface area contributed by atoms with E-state index in [9.17, 15) is 9.18 Å². The van der Waals surface area contributed by atoms with Crippen molar-refractivity contribution in [1.82, 2.24) is 4.98 Å². The molecule has 1 unspecified atom stereocenters. The van der Waals surface area contributed by atoms with Crippen LogP contribution in [0.25, 0.3) is 0 Å². The molecule has 6 nitrogen and oxygen atoms in total. The number of carbonyl (C=O) groups excluding carboxylic acids is 1. The van der Waals surface area contributed by atoms with Gasteiger partial charge in [0.2, 0.25) is 5.88 Å². The van der Waals surface area contributed by atoms with Crippen molar-refractivity contribution in [1.29, 1.82) is 0 Å². The minimum Gasteiger partial charge on any atom is -0.472 e. The standard InChI is InChI=1S/C19H23FN4O2/c20-7-5-13-2-4-18(23-11-13)26-15-6-8-24(12-15)17-3-1-14(10-21)9-16(17)19(22)25/h1-4,9,11,15H,5-8,10,12,21H2,(H2,22,25). The summed E-state index contributed by atoms with van der Waals surface area (Å²) in [7, 11) is 0. The maximum absolute atomic E-state index is 12.3. The van der Waals surface area contributed by atoms with Gasteiger partial charge in [0.1, 0.15) is 6.10 Å². The summed E-state index contributed by atoms with van der Waals surface area (Å²) in [6.45, 7) is 1.35. The largest absolute Gasteiger partial charge is 0.472 e. The Morgan fingerprint density at radius 2 is 2.12 bits per heavy atom. The van der Waals surface area contributed by atoms with Crippen molar-refractivity contribution in [2.45, 2.75) is 25.5 Å². The van der Waals surface area contributed by atoms with Crippen molar-refractivity contribution in [3.8, 4) is 5.88 Å². The van der Waals surface area contributed by atoms with Gasteiger partial charge < -0.3 is 21.1 Å². The first-order chi connectivity index (χ1) is 12.6. The molecule has 4 N–H and O–H groups in total. The van der Waals surface area contributed by atoms with E-state index in [-0.39, 0.29) is 6.10 Å². The van der Waals surface area contributed by atoms with E-state index in [1.165, 1.54) is 0 Å². The molecule has 3 rings (SSSR count). The highest BCUT2D eigenvalue weighted by Crippen LogP contribution is 2.27. The second-order valence-corrected chi connectivity index (χ2v) is 6.34. The number of halogens is 1. The maximum Gasteiger partial charge on any atom is 0.250 e. The highest BCUT2D eigenvalue weighted by atomic mass is 19.1. The number of alkyl halides is 1. The van der Waals surface area contributed by atoms with Gasteiger partial charge in [-0.2, -0.15) is 0 Å². The molecule has 0 bridgehead atoms. The van der Waals surface area contributed by atoms with Gasteiger partial charge in [0, 0.05) is 43.9 Å². The third-order valence-electron chi connectivity index (χ3n) is 4.52. The number of aryl methyl sites for hydroxylation is 1. The number of hydrogen-bond donors (Lipinski definition) is 2. The predicted octanol–water partition coefficient (Wildman–Crippen LogP) is 1.81. The molecule has 7 heteroatoms. The summed E-state index contributed by atoms with van der Waals surface area (Å²) < 4.78 is 18.3. The summed E-state index contributed by atoms with van der Waals surface area (Å²) in [5.41, 5.74) is 14.2. The Balaban J connectivity index is 1.68. The predicted molar refractivity (Wildman–Crippen MR) is 98.0 cm³/mol. The van der Waals surface area contributed by atoms with Crippen LogP contribution in [0.5, 0.6) is 5.88 Å². The topological polar surface area (TPSA) is 94.5 Å². The zero-order valence-electron chi connectivity index (χ0n) is 14.5. The fraction of sp³-hybridized carbons (Fsp3) is 0.368. The van der Waals surface area contributed by atoms with E-state index in [1.54, 1.807) is 18.3 Å². The summed E-state index contributed by atoms with van der Waals surface area (Å²) in [5.74, 6) is 0.0536. The van der Waals surface area contributed by atoms with E-state index < -0.39 is 12.6 Å². The van der Waals surface area contributed by atoms with Crippen molar-refractivity contribution >= 4 is 11.6 Å². The number of hydrogen-bond acceptors (Lipinski definition) is 5. The van der Waals surface area contributed by atoms with Crippen molar-refractivity contribution in [2.75, 3.05) is 24.7 Å². The average molecular weight is 358 g/mol. The first-order valence-electron chi connectivity index (χ1n) is 8.66. The molecule has 2 aromatic rings. The molecule has 1 aliphatic rings. The van der Waals surface area contributed by atoms with Crippen molar-refractivity contribution in [3.05, 3.63) is 53.2 Å². The molecule has 1 aromatic carbocycles. The molecule has 1 aliphatic heterocycles. The number of aromatic nitrogens is 1. The number of rotatable bonds is 7. The van der Waals surface area contributed by atoms with E-state index in [0.717, 1.165) is 29.8 Å². The molecule has 0 radical (unpaired) electrons. The molecule has 1 aromatic heterocycles. The van der Waals surface area contributed by atoms with Crippen molar-refractivity contribution in [3.63, 3.8) is 0 Å². The SMILES string of the molecule is NCc1ccc(N2CCC(Oc3ccc(CCF)cn3)C2)c(C(N)=O)c1. The second kappa shape index (κ2) is 8.14. The summed E-state index contributed by atoms with van der Waals surface area (Å²) >= 11 is 0. The van der Waals surface area contributed by atoms with Crippen LogP contribution < -0.4 is 21.1 Å². The Labute approximate surface area is 152 Å². The van der Waals surface area contributed by atoms with Gasteiger partial charge in [-0.15, -0.1) is 0 Å². The summed E-state index contributed by atoms with van der Waals surface area (Å²) in [6.07, 6.45) is 2.77. The Hall–Kier alpha value is -2.67. The smallest absolute Gasteiger partial charge is 0.250 e. The lowest BCUT2D eigenvalue weighted by Crippen LogP contribution is -2.27. The molecule has 0 saturated carbocycles. The highest BCUT2D eigenvalue weighted by molar-refractivity contribution is 5.99.